The third kappa shape index (κ3) is 3.77. The van der Waals surface area contributed by atoms with Gasteiger partial charge in [-0.05, 0) is 31.0 Å². The van der Waals surface area contributed by atoms with Crippen LogP contribution in [-0.2, 0) is 9.84 Å². The van der Waals surface area contributed by atoms with Gasteiger partial charge in [0.15, 0.2) is 27.1 Å². The number of hydrogen-bond donors (Lipinski definition) is 1. The third-order valence-electron chi connectivity index (χ3n) is 4.97. The van der Waals surface area contributed by atoms with Crippen molar-refractivity contribution in [1.29, 1.82) is 0 Å². The Morgan fingerprint density at radius 1 is 1.27 bits per heavy atom. The molecule has 0 unspecified atom stereocenters. The molecule has 0 bridgehead atoms. The van der Waals surface area contributed by atoms with E-state index in [9.17, 15) is 17.6 Å². The minimum Gasteiger partial charge on any atom is -0.465 e. The van der Waals surface area contributed by atoms with Gasteiger partial charge in [-0.1, -0.05) is 0 Å². The number of ether oxygens (including phenoxy) is 1. The van der Waals surface area contributed by atoms with Crippen LogP contribution in [0.25, 0.3) is 11.0 Å². The van der Waals surface area contributed by atoms with E-state index in [1.165, 1.54) is 29.6 Å². The number of piperidine rings is 1. The summed E-state index contributed by atoms with van der Waals surface area (Å²) in [6.45, 7) is 0.793. The van der Waals surface area contributed by atoms with Crippen molar-refractivity contribution in [1.82, 2.24) is 24.6 Å². The largest absolute Gasteiger partial charge is 0.465 e. The quantitative estimate of drug-likeness (QED) is 0.662. The zero-order valence-electron chi connectivity index (χ0n) is 15.9. The van der Waals surface area contributed by atoms with Crippen LogP contribution in [0.4, 0.5) is 9.18 Å². The Balaban J connectivity index is 1.61. The lowest BCUT2D eigenvalue weighted by molar-refractivity contribution is 0.124. The number of halogens is 1. The first-order chi connectivity index (χ1) is 14.2. The standard InChI is InChI=1S/C18H18FN5O5S/c1-30(27,28)12-2-3-15(14(19)8-12)29-17-13-9-22-24(16(13)20-10-21-17)11-4-6-23(7-5-11)18(25)26/h2-3,8-11H,4-7H2,1H3,(H,25,26). The molecule has 1 aromatic carbocycles. The fraction of sp³-hybridized carbons (Fsp3) is 0.333. The first kappa shape index (κ1) is 20.0. The first-order valence-electron chi connectivity index (χ1n) is 9.07. The Morgan fingerprint density at radius 3 is 2.63 bits per heavy atom. The van der Waals surface area contributed by atoms with Gasteiger partial charge in [0.25, 0.3) is 0 Å². The molecule has 1 aliphatic rings. The van der Waals surface area contributed by atoms with E-state index in [0.717, 1.165) is 12.3 Å². The van der Waals surface area contributed by atoms with E-state index in [0.29, 0.717) is 37.0 Å². The molecule has 158 valence electrons. The number of sulfone groups is 1. The van der Waals surface area contributed by atoms with E-state index in [1.54, 1.807) is 4.68 Å². The van der Waals surface area contributed by atoms with Gasteiger partial charge in [-0.15, -0.1) is 0 Å². The molecule has 1 saturated heterocycles. The van der Waals surface area contributed by atoms with Gasteiger partial charge >= 0.3 is 6.09 Å². The number of fused-ring (bicyclic) bond motifs is 1. The van der Waals surface area contributed by atoms with Crippen molar-refractivity contribution in [3.8, 4) is 11.6 Å². The Hall–Kier alpha value is -3.28. The van der Waals surface area contributed by atoms with Gasteiger partial charge in [-0.25, -0.2) is 32.3 Å². The highest BCUT2D eigenvalue weighted by atomic mass is 32.2. The molecule has 0 spiro atoms. The summed E-state index contributed by atoms with van der Waals surface area (Å²) in [5.41, 5.74) is 0.488. The summed E-state index contributed by atoms with van der Waals surface area (Å²) < 4.78 is 44.8. The molecule has 0 atom stereocenters. The third-order valence-corrected chi connectivity index (χ3v) is 6.08. The lowest BCUT2D eigenvalue weighted by Crippen LogP contribution is -2.38. The Morgan fingerprint density at radius 2 is 2.00 bits per heavy atom. The van der Waals surface area contributed by atoms with Gasteiger partial charge < -0.3 is 14.7 Å². The second kappa shape index (κ2) is 7.52. The topological polar surface area (TPSA) is 128 Å². The van der Waals surface area contributed by atoms with E-state index in [1.807, 2.05) is 0 Å². The van der Waals surface area contributed by atoms with Crippen LogP contribution < -0.4 is 4.74 Å². The normalized spacial score (nSPS) is 15.5. The monoisotopic (exact) mass is 435 g/mol. The number of nitrogens with zero attached hydrogens (tertiary/aromatic N) is 5. The van der Waals surface area contributed by atoms with Crippen molar-refractivity contribution >= 4 is 27.0 Å². The molecule has 10 nitrogen and oxygen atoms in total. The van der Waals surface area contributed by atoms with Crippen molar-refractivity contribution in [2.45, 2.75) is 23.8 Å². The van der Waals surface area contributed by atoms with E-state index < -0.39 is 21.7 Å². The van der Waals surface area contributed by atoms with Crippen molar-refractivity contribution in [3.63, 3.8) is 0 Å². The fourth-order valence-electron chi connectivity index (χ4n) is 3.39. The molecule has 1 aliphatic heterocycles. The van der Waals surface area contributed by atoms with Gasteiger partial charge in [-0.2, -0.15) is 5.10 Å². The van der Waals surface area contributed by atoms with Crippen molar-refractivity contribution in [2.24, 2.45) is 0 Å². The zero-order chi connectivity index (χ0) is 21.5. The average Bonchev–Trinajstić information content (AvgIpc) is 3.14. The molecule has 0 aliphatic carbocycles. The van der Waals surface area contributed by atoms with Crippen LogP contribution >= 0.6 is 0 Å². The van der Waals surface area contributed by atoms with Crippen LogP contribution in [-0.4, -0.2) is 63.6 Å². The number of carbonyl (C=O) groups is 1. The van der Waals surface area contributed by atoms with Crippen LogP contribution in [0.2, 0.25) is 0 Å². The number of carboxylic acid groups (broad SMARTS) is 1. The maximum absolute atomic E-state index is 14.4. The van der Waals surface area contributed by atoms with Crippen LogP contribution in [0.3, 0.4) is 0 Å². The summed E-state index contributed by atoms with van der Waals surface area (Å²) in [5.74, 6) is -0.928. The summed E-state index contributed by atoms with van der Waals surface area (Å²) >= 11 is 0. The number of rotatable bonds is 4. The second-order valence-electron chi connectivity index (χ2n) is 6.97. The predicted octanol–water partition coefficient (Wildman–Crippen LogP) is 2.48. The van der Waals surface area contributed by atoms with E-state index >= 15 is 0 Å². The molecule has 4 rings (SSSR count). The highest BCUT2D eigenvalue weighted by molar-refractivity contribution is 7.90. The van der Waals surface area contributed by atoms with Crippen LogP contribution in [0.1, 0.15) is 18.9 Å². The first-order valence-corrected chi connectivity index (χ1v) is 11.0. The predicted molar refractivity (Wildman–Crippen MR) is 103 cm³/mol. The van der Waals surface area contributed by atoms with E-state index in [-0.39, 0.29) is 22.6 Å². The van der Waals surface area contributed by atoms with Crippen molar-refractivity contribution in [2.75, 3.05) is 19.3 Å². The number of hydrogen-bond acceptors (Lipinski definition) is 7. The SMILES string of the molecule is CS(=O)(=O)c1ccc(Oc2ncnc3c2cnn3C2CCN(C(=O)O)CC2)c(F)c1. The van der Waals surface area contributed by atoms with Crippen LogP contribution in [0.15, 0.2) is 35.6 Å². The molecule has 0 radical (unpaired) electrons. The van der Waals surface area contributed by atoms with Gasteiger partial charge in [0.05, 0.1) is 17.1 Å². The molecule has 1 amide bonds. The molecule has 3 aromatic rings. The van der Waals surface area contributed by atoms with Gasteiger partial charge in [0.2, 0.25) is 5.88 Å². The lowest BCUT2D eigenvalue weighted by Gasteiger charge is -2.30. The highest BCUT2D eigenvalue weighted by Gasteiger charge is 2.26. The smallest absolute Gasteiger partial charge is 0.407 e. The summed E-state index contributed by atoms with van der Waals surface area (Å²) in [4.78, 5) is 20.6. The zero-order valence-corrected chi connectivity index (χ0v) is 16.7. The lowest BCUT2D eigenvalue weighted by atomic mass is 10.1. The Labute approximate surface area is 170 Å². The van der Waals surface area contributed by atoms with Gasteiger partial charge in [0.1, 0.15) is 11.7 Å². The van der Waals surface area contributed by atoms with E-state index in [2.05, 4.69) is 15.1 Å². The number of benzene rings is 1. The maximum Gasteiger partial charge on any atom is 0.407 e. The Kier molecular flexibility index (Phi) is 5.02. The number of amides is 1. The molecule has 30 heavy (non-hydrogen) atoms. The average molecular weight is 435 g/mol. The molecule has 1 fully saturated rings. The van der Waals surface area contributed by atoms with Gasteiger partial charge in [-0.3, -0.25) is 0 Å². The summed E-state index contributed by atoms with van der Waals surface area (Å²) in [7, 11) is -3.54. The summed E-state index contributed by atoms with van der Waals surface area (Å²) in [5, 5.41) is 13.9. The van der Waals surface area contributed by atoms with Crippen molar-refractivity contribution in [3.05, 3.63) is 36.5 Å². The molecule has 1 N–H and O–H groups in total. The molecule has 3 heterocycles. The molecule has 12 heteroatoms. The van der Waals surface area contributed by atoms with Crippen LogP contribution in [0.5, 0.6) is 11.6 Å². The number of likely N-dealkylation sites (tertiary alicyclic amines) is 1. The minimum absolute atomic E-state index is 0.0355. The molecule has 2 aromatic heterocycles. The van der Waals surface area contributed by atoms with Crippen LogP contribution in [0, 0.1) is 5.82 Å². The minimum atomic E-state index is -3.54. The maximum atomic E-state index is 14.4. The Bertz CT molecular complexity index is 1220. The molecular weight excluding hydrogens is 417 g/mol. The van der Waals surface area contributed by atoms with Gasteiger partial charge in [0, 0.05) is 19.3 Å². The van der Waals surface area contributed by atoms with Crippen molar-refractivity contribution < 1.29 is 27.4 Å². The number of aromatic nitrogens is 4. The summed E-state index contributed by atoms with van der Waals surface area (Å²) in [6, 6.07) is 3.34. The molecular formula is C18H18FN5O5S. The molecule has 0 saturated carbocycles. The second-order valence-corrected chi connectivity index (χ2v) is 8.99. The van der Waals surface area contributed by atoms with E-state index in [4.69, 9.17) is 9.84 Å². The highest BCUT2D eigenvalue weighted by Crippen LogP contribution is 2.32. The summed E-state index contributed by atoms with van der Waals surface area (Å²) in [6.07, 6.45) is 4.00. The fourth-order valence-corrected chi connectivity index (χ4v) is 4.02.